The molecular weight excluding hydrogens is 361 g/mol. The van der Waals surface area contributed by atoms with E-state index in [9.17, 15) is 22.8 Å². The van der Waals surface area contributed by atoms with Crippen LogP contribution in [0.2, 0.25) is 0 Å². The number of hydrogen-bond acceptors (Lipinski definition) is 3. The zero-order valence-electron chi connectivity index (χ0n) is 14.7. The van der Waals surface area contributed by atoms with Gasteiger partial charge in [-0.1, -0.05) is 12.1 Å². The van der Waals surface area contributed by atoms with Crippen LogP contribution in [0.25, 0.3) is 0 Å². The molecule has 27 heavy (non-hydrogen) atoms. The highest BCUT2D eigenvalue weighted by Gasteiger charge is 2.57. The highest BCUT2D eigenvalue weighted by atomic mass is 19.4. The van der Waals surface area contributed by atoms with E-state index in [0.29, 0.717) is 44.4 Å². The number of alkyl halides is 3. The molecule has 5 nitrogen and oxygen atoms in total. The third kappa shape index (κ3) is 3.61. The number of halogens is 3. The van der Waals surface area contributed by atoms with Crippen molar-refractivity contribution in [3.63, 3.8) is 0 Å². The SMILES string of the molecule is O=C1NC[C@H](C(=O)N2C[C@@H]3[C@H](C2)[C@H]3c2ccc(C(F)(F)F)cc2)CCCO1. The van der Waals surface area contributed by atoms with Gasteiger partial charge >= 0.3 is 12.3 Å². The smallest absolute Gasteiger partial charge is 0.416 e. The van der Waals surface area contributed by atoms with Crippen molar-refractivity contribution in [1.29, 1.82) is 0 Å². The van der Waals surface area contributed by atoms with E-state index < -0.39 is 17.8 Å². The third-order valence-electron chi connectivity index (χ3n) is 5.90. The van der Waals surface area contributed by atoms with E-state index in [1.807, 2.05) is 4.90 Å². The molecule has 1 aromatic carbocycles. The monoisotopic (exact) mass is 382 g/mol. The molecule has 0 bridgehead atoms. The number of amides is 2. The Kier molecular flexibility index (Phi) is 4.52. The Morgan fingerprint density at radius 1 is 1.15 bits per heavy atom. The summed E-state index contributed by atoms with van der Waals surface area (Å²) >= 11 is 0. The molecule has 0 aromatic heterocycles. The summed E-state index contributed by atoms with van der Waals surface area (Å²) in [5.74, 6) is 0.687. The van der Waals surface area contributed by atoms with E-state index in [4.69, 9.17) is 4.74 Å². The van der Waals surface area contributed by atoms with E-state index in [-0.39, 0.29) is 24.3 Å². The molecule has 1 aliphatic carbocycles. The minimum atomic E-state index is -4.32. The molecule has 3 aliphatic rings. The second-order valence-corrected chi connectivity index (χ2v) is 7.57. The maximum Gasteiger partial charge on any atom is 0.416 e. The second kappa shape index (κ2) is 6.73. The van der Waals surface area contributed by atoms with Gasteiger partial charge in [0.25, 0.3) is 0 Å². The number of carbonyl (C=O) groups excluding carboxylic acids is 2. The standard InChI is InChI=1S/C19H21F3N2O3/c20-19(21,22)13-5-3-11(4-6-13)16-14-9-24(10-15(14)16)17(25)12-2-1-7-27-18(26)23-8-12/h3-6,12,14-16H,1-2,7-10H2,(H,23,26)/t12-,14-,15+,16+/m1/s1. The number of hydrogen-bond donors (Lipinski definition) is 1. The number of piperidine rings is 1. The summed E-state index contributed by atoms with van der Waals surface area (Å²) in [6.07, 6.45) is -3.47. The van der Waals surface area contributed by atoms with Crippen LogP contribution in [-0.4, -0.2) is 43.1 Å². The van der Waals surface area contributed by atoms with Crippen molar-refractivity contribution < 1.29 is 27.5 Å². The lowest BCUT2D eigenvalue weighted by atomic mass is 10.00. The summed E-state index contributed by atoms with van der Waals surface area (Å²) in [6, 6.07) is 5.38. The first-order valence-corrected chi connectivity index (χ1v) is 9.21. The van der Waals surface area contributed by atoms with E-state index >= 15 is 0 Å². The van der Waals surface area contributed by atoms with Crippen LogP contribution in [0.15, 0.2) is 24.3 Å². The maximum absolute atomic E-state index is 12.7. The molecule has 8 heteroatoms. The molecule has 0 radical (unpaired) electrons. The molecule has 146 valence electrons. The van der Waals surface area contributed by atoms with Crippen LogP contribution in [0.5, 0.6) is 0 Å². The van der Waals surface area contributed by atoms with Gasteiger partial charge in [-0.05, 0) is 48.3 Å². The molecule has 0 spiro atoms. The summed E-state index contributed by atoms with van der Waals surface area (Å²) in [6.45, 7) is 1.87. The molecule has 0 unspecified atom stereocenters. The van der Waals surface area contributed by atoms with Crippen molar-refractivity contribution >= 4 is 12.0 Å². The van der Waals surface area contributed by atoms with Gasteiger partial charge in [-0.3, -0.25) is 4.79 Å². The van der Waals surface area contributed by atoms with Crippen LogP contribution in [0.3, 0.4) is 0 Å². The average Bonchev–Trinajstić information content (AvgIpc) is 3.11. The second-order valence-electron chi connectivity index (χ2n) is 7.57. The molecule has 1 N–H and O–H groups in total. The van der Waals surface area contributed by atoms with Crippen LogP contribution in [-0.2, 0) is 15.7 Å². The van der Waals surface area contributed by atoms with Crippen molar-refractivity contribution in [3.8, 4) is 0 Å². The minimum Gasteiger partial charge on any atom is -0.450 e. The lowest BCUT2D eigenvalue weighted by Gasteiger charge is -2.27. The molecule has 2 heterocycles. The van der Waals surface area contributed by atoms with Gasteiger partial charge in [-0.25, -0.2) is 4.79 Å². The summed E-state index contributed by atoms with van der Waals surface area (Å²) in [5.41, 5.74) is 0.282. The van der Waals surface area contributed by atoms with Gasteiger partial charge in [0.15, 0.2) is 0 Å². The Labute approximate surface area is 154 Å². The Morgan fingerprint density at radius 3 is 2.44 bits per heavy atom. The zero-order valence-corrected chi connectivity index (χ0v) is 14.7. The largest absolute Gasteiger partial charge is 0.450 e. The normalized spacial score (nSPS) is 30.6. The first-order valence-electron chi connectivity index (χ1n) is 9.21. The number of ether oxygens (including phenoxy) is 1. The number of benzene rings is 1. The number of carbonyl (C=O) groups is 2. The van der Waals surface area contributed by atoms with Gasteiger partial charge < -0.3 is 15.0 Å². The topological polar surface area (TPSA) is 58.6 Å². The van der Waals surface area contributed by atoms with E-state index in [1.165, 1.54) is 0 Å². The Bertz CT molecular complexity index is 723. The van der Waals surface area contributed by atoms with Crippen molar-refractivity contribution in [1.82, 2.24) is 10.2 Å². The van der Waals surface area contributed by atoms with Crippen LogP contribution in [0, 0.1) is 17.8 Å². The average molecular weight is 382 g/mol. The highest BCUT2D eigenvalue weighted by Crippen LogP contribution is 2.58. The summed E-state index contributed by atoms with van der Waals surface area (Å²) < 4.78 is 43.0. The van der Waals surface area contributed by atoms with Gasteiger partial charge in [-0.15, -0.1) is 0 Å². The summed E-state index contributed by atoms with van der Waals surface area (Å²) in [4.78, 5) is 25.9. The Balaban J connectivity index is 1.34. The number of alkyl carbamates (subject to hydrolysis) is 1. The first-order chi connectivity index (χ1) is 12.8. The predicted molar refractivity (Wildman–Crippen MR) is 89.8 cm³/mol. The molecule has 4 atom stereocenters. The molecule has 1 saturated carbocycles. The fourth-order valence-corrected chi connectivity index (χ4v) is 4.42. The summed E-state index contributed by atoms with van der Waals surface area (Å²) in [5, 5.41) is 2.61. The number of likely N-dealkylation sites (tertiary alicyclic amines) is 1. The third-order valence-corrected chi connectivity index (χ3v) is 5.90. The van der Waals surface area contributed by atoms with Crippen LogP contribution in [0.4, 0.5) is 18.0 Å². The molecule has 1 aromatic rings. The summed E-state index contributed by atoms with van der Waals surface area (Å²) in [7, 11) is 0. The number of nitrogens with one attached hydrogen (secondary N) is 1. The molecule has 2 saturated heterocycles. The lowest BCUT2D eigenvalue weighted by molar-refractivity contribution is -0.137. The van der Waals surface area contributed by atoms with E-state index in [1.54, 1.807) is 12.1 Å². The van der Waals surface area contributed by atoms with Crippen molar-refractivity contribution in [2.75, 3.05) is 26.2 Å². The van der Waals surface area contributed by atoms with Gasteiger partial charge in [0.1, 0.15) is 0 Å². The van der Waals surface area contributed by atoms with Crippen molar-refractivity contribution in [3.05, 3.63) is 35.4 Å². The molecule has 2 aliphatic heterocycles. The maximum atomic E-state index is 12.7. The zero-order chi connectivity index (χ0) is 19.2. The van der Waals surface area contributed by atoms with Gasteiger partial charge in [0.05, 0.1) is 18.1 Å². The van der Waals surface area contributed by atoms with Gasteiger partial charge in [0.2, 0.25) is 5.91 Å². The first kappa shape index (κ1) is 18.1. The van der Waals surface area contributed by atoms with Crippen LogP contribution >= 0.6 is 0 Å². The van der Waals surface area contributed by atoms with Gasteiger partial charge in [0, 0.05) is 19.6 Å². The number of fused-ring (bicyclic) bond motifs is 1. The number of cyclic esters (lactones) is 1. The quantitative estimate of drug-likeness (QED) is 0.856. The van der Waals surface area contributed by atoms with Crippen molar-refractivity contribution in [2.45, 2.75) is 24.9 Å². The Hall–Kier alpha value is -2.25. The van der Waals surface area contributed by atoms with Crippen LogP contribution < -0.4 is 5.32 Å². The van der Waals surface area contributed by atoms with E-state index in [2.05, 4.69) is 5.32 Å². The fraction of sp³-hybridized carbons (Fsp3) is 0.579. The lowest BCUT2D eigenvalue weighted by Crippen LogP contribution is -2.43. The molecule has 4 rings (SSSR count). The minimum absolute atomic E-state index is 0.0515. The van der Waals surface area contributed by atoms with Gasteiger partial charge in [-0.2, -0.15) is 13.2 Å². The highest BCUT2D eigenvalue weighted by molar-refractivity contribution is 5.80. The predicted octanol–water partition coefficient (Wildman–Crippen LogP) is 3.01. The number of rotatable bonds is 2. The van der Waals surface area contributed by atoms with Crippen LogP contribution in [0.1, 0.15) is 29.9 Å². The van der Waals surface area contributed by atoms with Crippen molar-refractivity contribution in [2.24, 2.45) is 17.8 Å². The fourth-order valence-electron chi connectivity index (χ4n) is 4.42. The molecule has 3 fully saturated rings. The Morgan fingerprint density at radius 2 is 1.81 bits per heavy atom. The molecular formula is C19H21F3N2O3. The molecule has 2 amide bonds. The van der Waals surface area contributed by atoms with E-state index in [0.717, 1.165) is 17.7 Å². The number of nitrogens with zero attached hydrogens (tertiary/aromatic N) is 1.